The summed E-state index contributed by atoms with van der Waals surface area (Å²) in [4.78, 5) is 10.9. The summed E-state index contributed by atoms with van der Waals surface area (Å²) in [6.45, 7) is 5.99. The van der Waals surface area contributed by atoms with Gasteiger partial charge in [0.1, 0.15) is 5.82 Å². The zero-order valence-electron chi connectivity index (χ0n) is 12.1. The monoisotopic (exact) mass is 284 g/mol. The van der Waals surface area contributed by atoms with Crippen LogP contribution in [0.3, 0.4) is 0 Å². The Morgan fingerprint density at radius 3 is 2.67 bits per heavy atom. The van der Waals surface area contributed by atoms with Gasteiger partial charge in [0.15, 0.2) is 0 Å². The van der Waals surface area contributed by atoms with Crippen LogP contribution in [0.25, 0.3) is 5.69 Å². The van der Waals surface area contributed by atoms with Gasteiger partial charge in [-0.2, -0.15) is 10.4 Å². The molecule has 108 valence electrons. The molecule has 6 heteroatoms. The average Bonchev–Trinajstić information content (AvgIpc) is 2.82. The number of carbonyl (C=O) groups is 1. The van der Waals surface area contributed by atoms with Gasteiger partial charge in [0.2, 0.25) is 0 Å². The van der Waals surface area contributed by atoms with E-state index in [0.29, 0.717) is 17.1 Å². The molecule has 0 unspecified atom stereocenters. The van der Waals surface area contributed by atoms with E-state index in [-0.39, 0.29) is 5.41 Å². The van der Waals surface area contributed by atoms with Gasteiger partial charge in [-0.05, 0) is 18.2 Å². The molecule has 2 rings (SSSR count). The molecular weight excluding hydrogens is 268 g/mol. The van der Waals surface area contributed by atoms with Gasteiger partial charge in [-0.25, -0.2) is 9.48 Å². The van der Waals surface area contributed by atoms with E-state index >= 15 is 0 Å². The van der Waals surface area contributed by atoms with E-state index in [1.165, 1.54) is 4.68 Å². The molecule has 6 nitrogen and oxygen atoms in total. The number of carboxylic acid groups (broad SMARTS) is 1. The third-order valence-electron chi connectivity index (χ3n) is 2.93. The van der Waals surface area contributed by atoms with E-state index < -0.39 is 6.09 Å². The van der Waals surface area contributed by atoms with Crippen molar-refractivity contribution in [3.8, 4) is 11.8 Å². The normalized spacial score (nSPS) is 11.0. The summed E-state index contributed by atoms with van der Waals surface area (Å²) in [6, 6.07) is 10.6. The van der Waals surface area contributed by atoms with Gasteiger partial charge in [-0.1, -0.05) is 26.8 Å². The first-order valence-electron chi connectivity index (χ1n) is 6.42. The predicted octanol–water partition coefficient (Wildman–Crippen LogP) is 3.13. The Morgan fingerprint density at radius 2 is 2.10 bits per heavy atom. The van der Waals surface area contributed by atoms with E-state index in [9.17, 15) is 4.79 Å². The summed E-state index contributed by atoms with van der Waals surface area (Å²) in [7, 11) is 0. The van der Waals surface area contributed by atoms with Crippen molar-refractivity contribution in [1.82, 2.24) is 9.78 Å². The molecule has 0 spiro atoms. The fraction of sp³-hybridized carbons (Fsp3) is 0.267. The average molecular weight is 284 g/mol. The van der Waals surface area contributed by atoms with Gasteiger partial charge >= 0.3 is 6.09 Å². The van der Waals surface area contributed by atoms with Crippen molar-refractivity contribution >= 4 is 11.9 Å². The van der Waals surface area contributed by atoms with Gasteiger partial charge in [-0.15, -0.1) is 0 Å². The molecule has 0 saturated heterocycles. The van der Waals surface area contributed by atoms with Gasteiger partial charge in [0.25, 0.3) is 0 Å². The Bertz CT molecular complexity index is 720. The van der Waals surface area contributed by atoms with Crippen molar-refractivity contribution in [1.29, 1.82) is 5.26 Å². The van der Waals surface area contributed by atoms with E-state index in [1.807, 2.05) is 20.8 Å². The van der Waals surface area contributed by atoms with Gasteiger partial charge in [0, 0.05) is 11.5 Å². The summed E-state index contributed by atoms with van der Waals surface area (Å²) in [6.07, 6.45) is -1.16. The van der Waals surface area contributed by atoms with Crippen molar-refractivity contribution in [2.24, 2.45) is 0 Å². The van der Waals surface area contributed by atoms with Crippen LogP contribution in [0.4, 0.5) is 10.6 Å². The molecule has 0 saturated carbocycles. The molecule has 0 aliphatic rings. The lowest BCUT2D eigenvalue weighted by atomic mass is 9.92. The molecule has 1 heterocycles. The number of hydrogen-bond acceptors (Lipinski definition) is 3. The summed E-state index contributed by atoms with van der Waals surface area (Å²) in [5.74, 6) is 0.350. The van der Waals surface area contributed by atoms with E-state index in [2.05, 4.69) is 16.5 Å². The number of nitrogens with one attached hydrogen (secondary N) is 1. The maximum atomic E-state index is 10.9. The molecule has 2 aromatic rings. The number of hydrogen-bond donors (Lipinski definition) is 2. The molecule has 0 radical (unpaired) electrons. The molecule has 0 atom stereocenters. The molecular formula is C15H16N4O2. The Hall–Kier alpha value is -2.81. The van der Waals surface area contributed by atoms with Crippen LogP contribution in [0.5, 0.6) is 0 Å². The number of amides is 1. The van der Waals surface area contributed by atoms with Crippen LogP contribution in [-0.2, 0) is 5.41 Å². The first-order chi connectivity index (χ1) is 9.81. The lowest BCUT2D eigenvalue weighted by Gasteiger charge is -2.14. The van der Waals surface area contributed by atoms with Crippen LogP contribution in [-0.4, -0.2) is 21.0 Å². The largest absolute Gasteiger partial charge is 0.465 e. The number of aromatic nitrogens is 2. The number of nitriles is 1. The standard InChI is InChI=1S/C15H16N4O2/c1-15(2,3)12-8-13(17-14(20)21)19(18-12)11-6-4-5-10(7-11)9-16/h4-8,17H,1-3H3,(H,20,21). The highest BCUT2D eigenvalue weighted by Gasteiger charge is 2.21. The van der Waals surface area contributed by atoms with Crippen LogP contribution in [0.2, 0.25) is 0 Å². The molecule has 0 bridgehead atoms. The molecule has 0 aliphatic carbocycles. The van der Waals surface area contributed by atoms with Crippen molar-refractivity contribution in [2.45, 2.75) is 26.2 Å². The second-order valence-electron chi connectivity index (χ2n) is 5.67. The lowest BCUT2D eigenvalue weighted by Crippen LogP contribution is -2.13. The van der Waals surface area contributed by atoms with Gasteiger partial charge < -0.3 is 5.11 Å². The highest BCUT2D eigenvalue weighted by Crippen LogP contribution is 2.26. The number of nitrogens with zero attached hydrogens (tertiary/aromatic N) is 3. The molecule has 21 heavy (non-hydrogen) atoms. The quantitative estimate of drug-likeness (QED) is 0.886. The lowest BCUT2D eigenvalue weighted by molar-refractivity contribution is 0.209. The number of benzene rings is 1. The first kappa shape index (κ1) is 14.6. The van der Waals surface area contributed by atoms with Crippen molar-refractivity contribution in [3.05, 3.63) is 41.6 Å². The Labute approximate surface area is 122 Å². The number of anilines is 1. The minimum atomic E-state index is -1.16. The second kappa shape index (κ2) is 5.29. The number of rotatable bonds is 2. The maximum absolute atomic E-state index is 10.9. The van der Waals surface area contributed by atoms with E-state index in [1.54, 1.807) is 30.3 Å². The highest BCUT2D eigenvalue weighted by atomic mass is 16.4. The molecule has 0 fully saturated rings. The summed E-state index contributed by atoms with van der Waals surface area (Å²) in [5, 5.41) is 24.7. The minimum Gasteiger partial charge on any atom is -0.465 e. The Balaban J connectivity index is 2.57. The van der Waals surface area contributed by atoms with Crippen molar-refractivity contribution in [3.63, 3.8) is 0 Å². The van der Waals surface area contributed by atoms with E-state index in [4.69, 9.17) is 10.4 Å². The Kier molecular flexibility index (Phi) is 3.68. The van der Waals surface area contributed by atoms with Crippen LogP contribution in [0, 0.1) is 11.3 Å². The van der Waals surface area contributed by atoms with E-state index in [0.717, 1.165) is 5.69 Å². The third-order valence-corrected chi connectivity index (χ3v) is 2.93. The first-order valence-corrected chi connectivity index (χ1v) is 6.42. The molecule has 2 N–H and O–H groups in total. The van der Waals surface area contributed by atoms with Crippen LogP contribution >= 0.6 is 0 Å². The summed E-state index contributed by atoms with van der Waals surface area (Å²) < 4.78 is 1.50. The zero-order valence-corrected chi connectivity index (χ0v) is 12.1. The fourth-order valence-electron chi connectivity index (χ4n) is 1.85. The van der Waals surface area contributed by atoms with Crippen molar-refractivity contribution < 1.29 is 9.90 Å². The van der Waals surface area contributed by atoms with Gasteiger partial charge in [-0.3, -0.25) is 5.32 Å². The van der Waals surface area contributed by atoms with Gasteiger partial charge in [0.05, 0.1) is 23.0 Å². The maximum Gasteiger partial charge on any atom is 0.410 e. The third kappa shape index (κ3) is 3.20. The van der Waals surface area contributed by atoms with Crippen molar-refractivity contribution in [2.75, 3.05) is 5.32 Å². The summed E-state index contributed by atoms with van der Waals surface area (Å²) in [5.41, 5.74) is 1.66. The summed E-state index contributed by atoms with van der Waals surface area (Å²) >= 11 is 0. The van der Waals surface area contributed by atoms with Crippen LogP contribution in [0.1, 0.15) is 32.0 Å². The molecule has 1 amide bonds. The Morgan fingerprint density at radius 1 is 1.38 bits per heavy atom. The highest BCUT2D eigenvalue weighted by molar-refractivity contribution is 5.82. The molecule has 1 aromatic heterocycles. The SMILES string of the molecule is CC(C)(C)c1cc(NC(=O)O)n(-c2cccc(C#N)c2)n1. The minimum absolute atomic E-state index is 0.215. The topological polar surface area (TPSA) is 90.9 Å². The van der Waals surface area contributed by atoms with Crippen LogP contribution in [0.15, 0.2) is 30.3 Å². The smallest absolute Gasteiger partial charge is 0.410 e. The zero-order chi connectivity index (χ0) is 15.6. The second-order valence-corrected chi connectivity index (χ2v) is 5.67. The van der Waals surface area contributed by atoms with Crippen LogP contribution < -0.4 is 5.32 Å². The molecule has 0 aliphatic heterocycles. The predicted molar refractivity (Wildman–Crippen MR) is 78.6 cm³/mol. The molecule has 1 aromatic carbocycles. The fourth-order valence-corrected chi connectivity index (χ4v) is 1.85.